The van der Waals surface area contributed by atoms with Gasteiger partial charge in [0.2, 0.25) is 0 Å². The summed E-state index contributed by atoms with van der Waals surface area (Å²) in [6.07, 6.45) is 1.74. The first kappa shape index (κ1) is 10.8. The first-order valence-electron chi connectivity index (χ1n) is 5.15. The Bertz CT molecular complexity index is 483. The largest absolute Gasteiger partial charge is 0.314 e. The van der Waals surface area contributed by atoms with E-state index in [4.69, 9.17) is 0 Å². The lowest BCUT2D eigenvalue weighted by Gasteiger charge is -2.04. The second-order valence-electron chi connectivity index (χ2n) is 3.58. The molecule has 1 N–H and O–H groups in total. The molecule has 0 saturated carbocycles. The minimum atomic E-state index is -0.218. The van der Waals surface area contributed by atoms with Crippen LogP contribution in [-0.2, 0) is 6.54 Å². The average molecular weight is 216 g/mol. The fourth-order valence-electron chi connectivity index (χ4n) is 1.60. The van der Waals surface area contributed by atoms with Crippen LogP contribution in [0.3, 0.4) is 0 Å². The first-order valence-corrected chi connectivity index (χ1v) is 5.15. The van der Waals surface area contributed by atoms with Crippen molar-refractivity contribution in [3.63, 3.8) is 0 Å². The number of hydrogen-bond acceptors (Lipinski definition) is 2. The smallest absolute Gasteiger partial charge is 0.123 e. The molecule has 1 aromatic heterocycles. The highest BCUT2D eigenvalue weighted by Crippen LogP contribution is 2.20. The first-order chi connectivity index (χ1) is 7.79. The Kier molecular flexibility index (Phi) is 3.27. The molecule has 0 fully saturated rings. The van der Waals surface area contributed by atoms with Crippen LogP contribution in [0.15, 0.2) is 42.6 Å². The number of nitrogens with zero attached hydrogens (tertiary/aromatic N) is 1. The van der Waals surface area contributed by atoms with Gasteiger partial charge in [-0.3, -0.25) is 4.98 Å². The van der Waals surface area contributed by atoms with Crippen molar-refractivity contribution in [3.8, 4) is 11.1 Å². The molecule has 82 valence electrons. The number of hydrogen-bond donors (Lipinski definition) is 1. The third kappa shape index (κ3) is 2.44. The molecule has 0 aliphatic heterocycles. The van der Waals surface area contributed by atoms with Gasteiger partial charge in [0.25, 0.3) is 0 Å². The number of benzene rings is 1. The Morgan fingerprint density at radius 3 is 2.75 bits per heavy atom. The van der Waals surface area contributed by atoms with Gasteiger partial charge >= 0.3 is 0 Å². The molecule has 0 unspecified atom stereocenters. The second kappa shape index (κ2) is 4.86. The fourth-order valence-corrected chi connectivity index (χ4v) is 1.60. The van der Waals surface area contributed by atoms with Crippen molar-refractivity contribution in [2.45, 2.75) is 6.54 Å². The zero-order valence-electron chi connectivity index (χ0n) is 9.07. The number of halogens is 1. The van der Waals surface area contributed by atoms with E-state index in [-0.39, 0.29) is 5.82 Å². The van der Waals surface area contributed by atoms with Gasteiger partial charge in [0.1, 0.15) is 5.82 Å². The molecular weight excluding hydrogens is 203 g/mol. The molecule has 0 atom stereocenters. The van der Waals surface area contributed by atoms with Crippen molar-refractivity contribution in [1.82, 2.24) is 10.3 Å². The lowest BCUT2D eigenvalue weighted by molar-refractivity contribution is 0.628. The summed E-state index contributed by atoms with van der Waals surface area (Å²) < 4.78 is 13.1. The van der Waals surface area contributed by atoms with Gasteiger partial charge in [-0.1, -0.05) is 12.1 Å². The lowest BCUT2D eigenvalue weighted by Crippen LogP contribution is -2.06. The van der Waals surface area contributed by atoms with Crippen LogP contribution in [0.1, 0.15) is 5.69 Å². The van der Waals surface area contributed by atoms with E-state index in [2.05, 4.69) is 10.3 Å². The number of rotatable bonds is 3. The SMILES string of the molecule is CNCc1cc(-c2cccc(F)c2)ccn1. The van der Waals surface area contributed by atoms with Gasteiger partial charge in [-0.15, -0.1) is 0 Å². The average Bonchev–Trinajstić information content (AvgIpc) is 2.30. The molecule has 1 heterocycles. The molecule has 0 aliphatic rings. The van der Waals surface area contributed by atoms with Crippen LogP contribution in [0.25, 0.3) is 11.1 Å². The summed E-state index contributed by atoms with van der Waals surface area (Å²) in [7, 11) is 1.87. The molecule has 0 spiro atoms. The zero-order chi connectivity index (χ0) is 11.4. The van der Waals surface area contributed by atoms with Gasteiger partial charge in [0.15, 0.2) is 0 Å². The van der Waals surface area contributed by atoms with Crippen molar-refractivity contribution in [2.24, 2.45) is 0 Å². The van der Waals surface area contributed by atoms with E-state index in [0.717, 1.165) is 16.8 Å². The molecular formula is C13H13FN2. The molecule has 0 bridgehead atoms. The van der Waals surface area contributed by atoms with Crippen LogP contribution in [0.5, 0.6) is 0 Å². The van der Waals surface area contributed by atoms with Crippen LogP contribution in [0, 0.1) is 5.82 Å². The third-order valence-corrected chi connectivity index (χ3v) is 2.33. The van der Waals surface area contributed by atoms with E-state index >= 15 is 0 Å². The fraction of sp³-hybridized carbons (Fsp3) is 0.154. The van der Waals surface area contributed by atoms with E-state index in [1.807, 2.05) is 25.2 Å². The maximum absolute atomic E-state index is 13.1. The van der Waals surface area contributed by atoms with Gasteiger partial charge in [-0.05, 0) is 42.4 Å². The molecule has 0 saturated heterocycles. The van der Waals surface area contributed by atoms with Gasteiger partial charge in [-0.2, -0.15) is 0 Å². The van der Waals surface area contributed by atoms with Crippen LogP contribution in [0.2, 0.25) is 0 Å². The zero-order valence-corrected chi connectivity index (χ0v) is 9.07. The molecule has 0 amide bonds. The Balaban J connectivity index is 2.36. The van der Waals surface area contributed by atoms with Crippen LogP contribution in [0.4, 0.5) is 4.39 Å². The minimum Gasteiger partial charge on any atom is -0.314 e. The summed E-state index contributed by atoms with van der Waals surface area (Å²) in [4.78, 5) is 4.22. The molecule has 2 rings (SSSR count). The lowest BCUT2D eigenvalue weighted by atomic mass is 10.1. The molecule has 1 aromatic carbocycles. The normalized spacial score (nSPS) is 10.4. The standard InChI is InChI=1S/C13H13FN2/c1-15-9-13-8-11(5-6-16-13)10-3-2-4-12(14)7-10/h2-8,15H,9H2,1H3. The summed E-state index contributed by atoms with van der Waals surface area (Å²) in [6.45, 7) is 0.711. The minimum absolute atomic E-state index is 0.218. The highest BCUT2D eigenvalue weighted by atomic mass is 19.1. The molecule has 2 nitrogen and oxygen atoms in total. The van der Waals surface area contributed by atoms with Gasteiger partial charge in [-0.25, -0.2) is 4.39 Å². The predicted octanol–water partition coefficient (Wildman–Crippen LogP) is 2.61. The predicted molar refractivity (Wildman–Crippen MR) is 62.4 cm³/mol. The third-order valence-electron chi connectivity index (χ3n) is 2.33. The summed E-state index contributed by atoms with van der Waals surface area (Å²) in [6, 6.07) is 10.4. The maximum atomic E-state index is 13.1. The number of nitrogens with one attached hydrogen (secondary N) is 1. The highest BCUT2D eigenvalue weighted by molar-refractivity contribution is 5.63. The van der Waals surface area contributed by atoms with Crippen molar-refractivity contribution in [2.75, 3.05) is 7.05 Å². The molecule has 0 aliphatic carbocycles. The highest BCUT2D eigenvalue weighted by Gasteiger charge is 2.00. The molecule has 0 radical (unpaired) electrons. The van der Waals surface area contributed by atoms with E-state index < -0.39 is 0 Å². The topological polar surface area (TPSA) is 24.9 Å². The van der Waals surface area contributed by atoms with Crippen molar-refractivity contribution < 1.29 is 4.39 Å². The Labute approximate surface area is 94.2 Å². The maximum Gasteiger partial charge on any atom is 0.123 e. The van der Waals surface area contributed by atoms with Gasteiger partial charge in [0, 0.05) is 12.7 Å². The van der Waals surface area contributed by atoms with E-state index in [1.165, 1.54) is 12.1 Å². The second-order valence-corrected chi connectivity index (χ2v) is 3.58. The van der Waals surface area contributed by atoms with E-state index in [9.17, 15) is 4.39 Å². The van der Waals surface area contributed by atoms with Crippen LogP contribution >= 0.6 is 0 Å². The molecule has 16 heavy (non-hydrogen) atoms. The summed E-state index contributed by atoms with van der Waals surface area (Å²) in [5, 5.41) is 3.04. The van der Waals surface area contributed by atoms with Crippen molar-refractivity contribution >= 4 is 0 Å². The summed E-state index contributed by atoms with van der Waals surface area (Å²) >= 11 is 0. The van der Waals surface area contributed by atoms with Crippen LogP contribution in [-0.4, -0.2) is 12.0 Å². The Morgan fingerprint density at radius 2 is 2.00 bits per heavy atom. The van der Waals surface area contributed by atoms with Gasteiger partial charge in [0.05, 0.1) is 5.69 Å². The Hall–Kier alpha value is -1.74. The monoisotopic (exact) mass is 216 g/mol. The van der Waals surface area contributed by atoms with Crippen molar-refractivity contribution in [3.05, 3.63) is 54.1 Å². The summed E-state index contributed by atoms with van der Waals surface area (Å²) in [5.41, 5.74) is 2.81. The number of pyridine rings is 1. The van der Waals surface area contributed by atoms with Crippen molar-refractivity contribution in [1.29, 1.82) is 0 Å². The summed E-state index contributed by atoms with van der Waals surface area (Å²) in [5.74, 6) is -0.218. The number of aromatic nitrogens is 1. The molecule has 2 aromatic rings. The van der Waals surface area contributed by atoms with Crippen LogP contribution < -0.4 is 5.32 Å². The molecule has 3 heteroatoms. The Morgan fingerprint density at radius 1 is 1.19 bits per heavy atom. The van der Waals surface area contributed by atoms with E-state index in [0.29, 0.717) is 6.54 Å². The van der Waals surface area contributed by atoms with E-state index in [1.54, 1.807) is 12.3 Å². The van der Waals surface area contributed by atoms with Gasteiger partial charge < -0.3 is 5.32 Å². The quantitative estimate of drug-likeness (QED) is 0.853.